The summed E-state index contributed by atoms with van der Waals surface area (Å²) in [6.45, 7) is 28.3. The molecule has 1 amide bonds. The predicted octanol–water partition coefficient (Wildman–Crippen LogP) is 8.33. The average molecular weight is 554 g/mol. The predicted molar refractivity (Wildman–Crippen MR) is 167 cm³/mol. The van der Waals surface area contributed by atoms with E-state index in [1.54, 1.807) is 6.08 Å². The van der Waals surface area contributed by atoms with E-state index in [4.69, 9.17) is 14.3 Å². The smallest absolute Gasteiger partial charge is 0.410 e. The SMILES string of the molecule is C=CC(=C)/C=C1\C(=C)c2cc(C(=O)COC)ccc21.C=O.CC.CC.CC(C)(C)OC(=O)N1CCC2CCCC21. The number of fused-ring (bicyclic) bond motifs is 2. The van der Waals surface area contributed by atoms with Crippen LogP contribution in [0.15, 0.2) is 55.7 Å². The third-order valence-corrected chi connectivity index (χ3v) is 6.54. The summed E-state index contributed by atoms with van der Waals surface area (Å²) in [5.41, 5.74) is 5.25. The summed E-state index contributed by atoms with van der Waals surface area (Å²) in [6, 6.07) is 6.10. The fraction of sp³-hybridized carbons (Fsp3) is 0.500. The van der Waals surface area contributed by atoms with Crippen LogP contribution in [-0.4, -0.2) is 55.5 Å². The summed E-state index contributed by atoms with van der Waals surface area (Å²) in [6.07, 6.45) is 8.45. The number of ketones is 1. The molecule has 1 saturated heterocycles. The fourth-order valence-electron chi connectivity index (χ4n) is 4.85. The molecular weight excluding hydrogens is 502 g/mol. The third-order valence-electron chi connectivity index (χ3n) is 6.54. The highest BCUT2D eigenvalue weighted by Crippen LogP contribution is 2.45. The zero-order chi connectivity index (χ0) is 31.0. The highest BCUT2D eigenvalue weighted by Gasteiger charge is 2.41. The number of carbonyl (C=O) groups excluding carboxylic acids is 3. The lowest BCUT2D eigenvalue weighted by atomic mass is 9.77. The van der Waals surface area contributed by atoms with Gasteiger partial charge in [-0.15, -0.1) is 0 Å². The van der Waals surface area contributed by atoms with E-state index in [1.807, 2.05) is 84.4 Å². The zero-order valence-corrected chi connectivity index (χ0v) is 26.1. The monoisotopic (exact) mass is 553 g/mol. The van der Waals surface area contributed by atoms with Crippen molar-refractivity contribution >= 4 is 29.8 Å². The van der Waals surface area contributed by atoms with Gasteiger partial charge in [-0.3, -0.25) is 4.79 Å². The number of allylic oxidation sites excluding steroid dienone is 5. The number of Topliss-reactive ketones (excluding diaryl/α,β-unsaturated/α-hetero) is 1. The highest BCUT2D eigenvalue weighted by atomic mass is 16.6. The van der Waals surface area contributed by atoms with Crippen molar-refractivity contribution in [2.24, 2.45) is 5.92 Å². The van der Waals surface area contributed by atoms with Crippen LogP contribution in [0.1, 0.15) is 95.6 Å². The Labute approximate surface area is 242 Å². The Kier molecular flexibility index (Phi) is 16.7. The van der Waals surface area contributed by atoms with Crippen molar-refractivity contribution in [2.45, 2.75) is 85.8 Å². The van der Waals surface area contributed by atoms with Crippen LogP contribution in [0.4, 0.5) is 4.79 Å². The van der Waals surface area contributed by atoms with E-state index >= 15 is 0 Å². The Morgan fingerprint density at radius 2 is 1.68 bits per heavy atom. The van der Waals surface area contributed by atoms with Crippen molar-refractivity contribution in [3.05, 3.63) is 72.4 Å². The minimum atomic E-state index is -0.367. The van der Waals surface area contributed by atoms with Gasteiger partial charge in [-0.05, 0) is 85.9 Å². The molecule has 0 aromatic heterocycles. The molecule has 6 heteroatoms. The molecule has 2 aliphatic carbocycles. The van der Waals surface area contributed by atoms with Gasteiger partial charge < -0.3 is 19.2 Å². The zero-order valence-electron chi connectivity index (χ0n) is 26.1. The standard InChI is InChI=1S/C17H16O2.C12H21NO2.2C2H6.CH2O/c1-5-11(2)8-15-12(3)16-9-13(6-7-14(15)16)17(18)10-19-4;1-12(2,3)15-11(14)13-8-7-9-5-4-6-10(9)13;3*1-2/h5-9H,1-3,10H2,4H3;9-10H,4-8H2,1-3H3;2*1-2H3;1H2/b15-8+;;;;. The van der Waals surface area contributed by atoms with Crippen molar-refractivity contribution in [3.8, 4) is 0 Å². The maximum Gasteiger partial charge on any atom is 0.410 e. The van der Waals surface area contributed by atoms with Crippen LogP contribution in [0.3, 0.4) is 0 Å². The van der Waals surface area contributed by atoms with E-state index in [0.717, 1.165) is 40.3 Å². The van der Waals surface area contributed by atoms with E-state index in [0.29, 0.717) is 11.6 Å². The molecule has 6 nitrogen and oxygen atoms in total. The fourth-order valence-corrected chi connectivity index (χ4v) is 4.85. The number of benzene rings is 1. The van der Waals surface area contributed by atoms with Crippen LogP contribution in [0.5, 0.6) is 0 Å². The average Bonchev–Trinajstić information content (AvgIpc) is 3.58. The maximum atomic E-state index is 11.9. The molecule has 3 aliphatic rings. The molecular formula is C34H51NO5. The van der Waals surface area contributed by atoms with Gasteiger partial charge in [-0.25, -0.2) is 4.79 Å². The Morgan fingerprint density at radius 3 is 2.23 bits per heavy atom. The molecule has 1 aliphatic heterocycles. The summed E-state index contributed by atoms with van der Waals surface area (Å²) in [5, 5.41) is 0. The second-order valence-corrected chi connectivity index (χ2v) is 10.2. The van der Waals surface area contributed by atoms with E-state index in [9.17, 15) is 9.59 Å². The van der Waals surface area contributed by atoms with Crippen LogP contribution in [0.25, 0.3) is 11.1 Å². The number of amides is 1. The molecule has 222 valence electrons. The highest BCUT2D eigenvalue weighted by molar-refractivity contribution is 6.17. The molecule has 0 spiro atoms. The van der Waals surface area contributed by atoms with E-state index in [-0.39, 0.29) is 24.1 Å². The quantitative estimate of drug-likeness (QED) is 0.271. The first-order valence-electron chi connectivity index (χ1n) is 14.2. The van der Waals surface area contributed by atoms with Gasteiger partial charge in [0, 0.05) is 25.3 Å². The van der Waals surface area contributed by atoms with Crippen molar-refractivity contribution < 1.29 is 23.9 Å². The van der Waals surface area contributed by atoms with Gasteiger partial charge in [0.1, 0.15) is 19.0 Å². The second kappa shape index (κ2) is 18.2. The largest absolute Gasteiger partial charge is 0.444 e. The Hall–Kier alpha value is -3.25. The number of hydrogen-bond donors (Lipinski definition) is 0. The van der Waals surface area contributed by atoms with Gasteiger partial charge in [-0.1, -0.05) is 72.1 Å². The molecule has 2 atom stereocenters. The number of rotatable bonds is 5. The second-order valence-electron chi connectivity index (χ2n) is 10.2. The number of carbonyl (C=O) groups is 3. The van der Waals surface area contributed by atoms with Gasteiger partial charge in [0.2, 0.25) is 0 Å². The first-order chi connectivity index (χ1) is 19.1. The van der Waals surface area contributed by atoms with E-state index in [1.165, 1.54) is 32.8 Å². The molecule has 0 bridgehead atoms. The number of methoxy groups -OCH3 is 1. The topological polar surface area (TPSA) is 72.9 Å². The van der Waals surface area contributed by atoms with Crippen molar-refractivity contribution in [3.63, 3.8) is 0 Å². The Balaban J connectivity index is 0.000000652. The van der Waals surface area contributed by atoms with E-state index < -0.39 is 0 Å². The molecule has 2 fully saturated rings. The van der Waals surface area contributed by atoms with Crippen molar-refractivity contribution in [1.82, 2.24) is 4.90 Å². The number of nitrogens with zero attached hydrogens (tertiary/aromatic N) is 1. The van der Waals surface area contributed by atoms with Crippen LogP contribution < -0.4 is 0 Å². The summed E-state index contributed by atoms with van der Waals surface area (Å²) in [7, 11) is 1.51. The van der Waals surface area contributed by atoms with Gasteiger partial charge in [0.05, 0.1) is 0 Å². The molecule has 1 heterocycles. The molecule has 1 saturated carbocycles. The summed E-state index contributed by atoms with van der Waals surface area (Å²) >= 11 is 0. The molecule has 0 N–H and O–H groups in total. The first-order valence-corrected chi connectivity index (χ1v) is 14.2. The molecule has 0 radical (unpaired) electrons. The summed E-state index contributed by atoms with van der Waals surface area (Å²) < 4.78 is 10.3. The number of likely N-dealkylation sites (tertiary alicyclic amines) is 1. The molecule has 4 rings (SSSR count). The summed E-state index contributed by atoms with van der Waals surface area (Å²) in [5.74, 6) is 0.726. The van der Waals surface area contributed by atoms with Crippen molar-refractivity contribution in [1.29, 1.82) is 0 Å². The third kappa shape index (κ3) is 10.1. The molecule has 40 heavy (non-hydrogen) atoms. The lowest BCUT2D eigenvalue weighted by Crippen LogP contribution is -2.40. The van der Waals surface area contributed by atoms with Crippen LogP contribution in [-0.2, 0) is 14.3 Å². The van der Waals surface area contributed by atoms with Gasteiger partial charge in [0.25, 0.3) is 0 Å². The van der Waals surface area contributed by atoms with Crippen LogP contribution >= 0.6 is 0 Å². The maximum absolute atomic E-state index is 11.9. The minimum absolute atomic E-state index is 0.0222. The first kappa shape index (κ1) is 36.8. The number of hydrogen-bond acceptors (Lipinski definition) is 5. The Morgan fingerprint density at radius 1 is 1.05 bits per heavy atom. The van der Waals surface area contributed by atoms with Crippen LogP contribution in [0, 0.1) is 5.92 Å². The lowest BCUT2D eigenvalue weighted by molar-refractivity contribution is -0.0980. The molecule has 1 aromatic carbocycles. The van der Waals surface area contributed by atoms with Gasteiger partial charge in [-0.2, -0.15) is 0 Å². The van der Waals surface area contributed by atoms with Crippen molar-refractivity contribution in [2.75, 3.05) is 20.3 Å². The van der Waals surface area contributed by atoms with E-state index in [2.05, 4.69) is 19.7 Å². The summed E-state index contributed by atoms with van der Waals surface area (Å²) in [4.78, 5) is 33.6. The number of ether oxygens (including phenoxy) is 2. The Bertz CT molecular complexity index is 1050. The molecule has 2 unspecified atom stereocenters. The normalized spacial score (nSPS) is 18.9. The van der Waals surface area contributed by atoms with Gasteiger partial charge >= 0.3 is 6.09 Å². The molecule has 1 aromatic rings. The minimum Gasteiger partial charge on any atom is -0.444 e. The van der Waals surface area contributed by atoms with Crippen LogP contribution in [0.2, 0.25) is 0 Å². The lowest BCUT2D eigenvalue weighted by Gasteiger charge is -2.28. The van der Waals surface area contributed by atoms with Gasteiger partial charge in [0.15, 0.2) is 5.78 Å².